The van der Waals surface area contributed by atoms with Crippen molar-refractivity contribution in [2.75, 3.05) is 11.5 Å². The Balaban J connectivity index is 1.70. The number of thiazole rings is 1. The molecule has 1 N–H and O–H groups in total. The summed E-state index contributed by atoms with van der Waals surface area (Å²) in [5, 5.41) is 12.1. The van der Waals surface area contributed by atoms with Gasteiger partial charge in [-0.2, -0.15) is 0 Å². The van der Waals surface area contributed by atoms with Gasteiger partial charge in [0.25, 0.3) is 5.78 Å². The fourth-order valence-corrected chi connectivity index (χ4v) is 5.20. The highest BCUT2D eigenvalue weighted by molar-refractivity contribution is 7.22. The summed E-state index contributed by atoms with van der Waals surface area (Å²) in [7, 11) is 0. The minimum atomic E-state index is -0.880. The number of fused-ring (bicyclic) bond motifs is 1. The number of aliphatic hydroxyl groups is 1. The molecule has 0 aliphatic carbocycles. The third-order valence-corrected chi connectivity index (χ3v) is 6.68. The number of halogens is 1. The zero-order valence-corrected chi connectivity index (χ0v) is 19.5. The lowest BCUT2D eigenvalue weighted by Crippen LogP contribution is -2.29. The van der Waals surface area contributed by atoms with Crippen molar-refractivity contribution in [1.82, 2.24) is 9.97 Å². The molecule has 0 saturated carbocycles. The Labute approximate surface area is 203 Å². The monoisotopic (exact) mass is 491 g/mol. The summed E-state index contributed by atoms with van der Waals surface area (Å²) in [6.45, 7) is 2.31. The van der Waals surface area contributed by atoms with Crippen molar-refractivity contribution < 1.29 is 19.4 Å². The van der Waals surface area contributed by atoms with Crippen LogP contribution in [0.1, 0.15) is 24.1 Å². The lowest BCUT2D eigenvalue weighted by Gasteiger charge is -2.22. The van der Waals surface area contributed by atoms with Crippen molar-refractivity contribution in [3.63, 3.8) is 0 Å². The van der Waals surface area contributed by atoms with E-state index in [0.29, 0.717) is 39.2 Å². The fraction of sp³-hybridized carbons (Fsp3) is 0.120. The quantitative estimate of drug-likeness (QED) is 0.229. The van der Waals surface area contributed by atoms with Crippen LogP contribution in [0.2, 0.25) is 5.02 Å². The first-order valence-electron chi connectivity index (χ1n) is 10.5. The third kappa shape index (κ3) is 3.81. The van der Waals surface area contributed by atoms with Crippen LogP contribution >= 0.6 is 22.9 Å². The molecule has 170 valence electrons. The second-order valence-electron chi connectivity index (χ2n) is 7.52. The topological polar surface area (TPSA) is 92.6 Å². The number of ether oxygens (including phenoxy) is 1. The number of hydrogen-bond donors (Lipinski definition) is 1. The number of aliphatic hydroxyl groups excluding tert-OH is 1. The first-order chi connectivity index (χ1) is 16.5. The van der Waals surface area contributed by atoms with E-state index in [1.54, 1.807) is 67.0 Å². The zero-order chi connectivity index (χ0) is 23.8. The molecule has 7 nitrogen and oxygen atoms in total. The number of anilines is 1. The van der Waals surface area contributed by atoms with Gasteiger partial charge in [-0.1, -0.05) is 35.1 Å². The number of aromatic nitrogens is 2. The minimum absolute atomic E-state index is 0.0258. The molecule has 0 spiro atoms. The van der Waals surface area contributed by atoms with Crippen LogP contribution in [0.4, 0.5) is 5.13 Å². The number of ketones is 1. The summed E-state index contributed by atoms with van der Waals surface area (Å²) in [5.74, 6) is -1.30. The third-order valence-electron chi connectivity index (χ3n) is 5.43. The molecule has 34 heavy (non-hydrogen) atoms. The van der Waals surface area contributed by atoms with Gasteiger partial charge in [0.05, 0.1) is 28.4 Å². The number of carbonyl (C=O) groups is 2. The summed E-state index contributed by atoms with van der Waals surface area (Å²) in [6.07, 6.45) is 3.15. The molecule has 1 unspecified atom stereocenters. The molecule has 1 atom stereocenters. The van der Waals surface area contributed by atoms with Gasteiger partial charge in [-0.25, -0.2) is 4.98 Å². The van der Waals surface area contributed by atoms with Gasteiger partial charge in [-0.3, -0.25) is 19.5 Å². The highest BCUT2D eigenvalue weighted by Gasteiger charge is 2.48. The number of benzene rings is 2. The van der Waals surface area contributed by atoms with E-state index in [4.69, 9.17) is 16.3 Å². The summed E-state index contributed by atoms with van der Waals surface area (Å²) < 4.78 is 6.31. The molecule has 0 radical (unpaired) electrons. The lowest BCUT2D eigenvalue weighted by atomic mass is 9.96. The Morgan fingerprint density at radius 2 is 1.94 bits per heavy atom. The van der Waals surface area contributed by atoms with Crippen LogP contribution in [0.15, 0.2) is 72.6 Å². The lowest BCUT2D eigenvalue weighted by molar-refractivity contribution is -0.132. The van der Waals surface area contributed by atoms with Crippen molar-refractivity contribution in [2.24, 2.45) is 0 Å². The fourth-order valence-electron chi connectivity index (χ4n) is 3.94. The molecule has 9 heteroatoms. The first kappa shape index (κ1) is 22.1. The van der Waals surface area contributed by atoms with Crippen LogP contribution in [0.5, 0.6) is 5.75 Å². The number of nitrogens with zero attached hydrogens (tertiary/aromatic N) is 3. The Hall–Kier alpha value is -3.75. The predicted molar refractivity (Wildman–Crippen MR) is 131 cm³/mol. The first-order valence-corrected chi connectivity index (χ1v) is 11.7. The van der Waals surface area contributed by atoms with Gasteiger partial charge < -0.3 is 9.84 Å². The molecular formula is C25H18ClN3O4S. The Bertz CT molecular complexity index is 1450. The van der Waals surface area contributed by atoms with E-state index >= 15 is 0 Å². The summed E-state index contributed by atoms with van der Waals surface area (Å²) in [5.41, 5.74) is 1.62. The van der Waals surface area contributed by atoms with Crippen molar-refractivity contribution in [1.29, 1.82) is 0 Å². The molecule has 1 amide bonds. The normalized spacial score (nSPS) is 17.5. The minimum Gasteiger partial charge on any atom is -0.507 e. The molecular weight excluding hydrogens is 474 g/mol. The number of pyridine rings is 1. The van der Waals surface area contributed by atoms with Crippen molar-refractivity contribution in [3.8, 4) is 5.75 Å². The number of carbonyl (C=O) groups excluding carboxylic acids is 2. The van der Waals surface area contributed by atoms with Crippen molar-refractivity contribution in [3.05, 3.63) is 88.7 Å². The van der Waals surface area contributed by atoms with E-state index in [9.17, 15) is 14.7 Å². The van der Waals surface area contributed by atoms with E-state index < -0.39 is 17.7 Å². The van der Waals surface area contributed by atoms with Crippen LogP contribution in [0, 0.1) is 0 Å². The van der Waals surface area contributed by atoms with Gasteiger partial charge in [0.2, 0.25) is 0 Å². The largest absolute Gasteiger partial charge is 0.507 e. The molecule has 1 aliphatic rings. The van der Waals surface area contributed by atoms with E-state index in [0.717, 1.165) is 4.70 Å². The second kappa shape index (κ2) is 8.89. The molecule has 5 rings (SSSR count). The average Bonchev–Trinajstić information content (AvgIpc) is 3.37. The Kier molecular flexibility index (Phi) is 5.77. The van der Waals surface area contributed by atoms with Crippen LogP contribution in [0.25, 0.3) is 16.0 Å². The van der Waals surface area contributed by atoms with E-state index in [-0.39, 0.29) is 11.3 Å². The maximum Gasteiger partial charge on any atom is 0.301 e. The number of hydrogen-bond acceptors (Lipinski definition) is 7. The zero-order valence-electron chi connectivity index (χ0n) is 17.9. The maximum absolute atomic E-state index is 13.3. The summed E-state index contributed by atoms with van der Waals surface area (Å²) in [4.78, 5) is 36.5. The highest BCUT2D eigenvalue weighted by Crippen LogP contribution is 2.44. The van der Waals surface area contributed by atoms with Gasteiger partial charge in [-0.15, -0.1) is 0 Å². The molecule has 2 aromatic carbocycles. The van der Waals surface area contributed by atoms with Crippen molar-refractivity contribution in [2.45, 2.75) is 13.0 Å². The molecule has 1 saturated heterocycles. The summed E-state index contributed by atoms with van der Waals surface area (Å²) in [6, 6.07) is 14.5. The number of rotatable bonds is 5. The SMILES string of the molecule is CCOc1cccc(/C(O)=C2\C(=O)C(=O)N(c3nc4ccc(Cl)cc4s3)C2c2ccncc2)c1. The van der Waals surface area contributed by atoms with Gasteiger partial charge in [0.15, 0.2) is 5.13 Å². The Morgan fingerprint density at radius 3 is 2.71 bits per heavy atom. The standard InChI is InChI=1S/C25H18ClN3O4S/c1-2-33-17-5-3-4-15(12-17)22(30)20-21(14-8-10-27-11-9-14)29(24(32)23(20)31)25-28-18-7-6-16(26)13-19(18)34-25/h3-13,21,30H,2H2,1H3/b22-20+. The average molecular weight is 492 g/mol. The van der Waals surface area contributed by atoms with E-state index in [1.807, 2.05) is 6.92 Å². The van der Waals surface area contributed by atoms with Crippen LogP contribution in [-0.4, -0.2) is 33.4 Å². The molecule has 0 bridgehead atoms. The van der Waals surface area contributed by atoms with E-state index in [2.05, 4.69) is 9.97 Å². The van der Waals surface area contributed by atoms with Gasteiger partial charge in [0, 0.05) is 23.0 Å². The van der Waals surface area contributed by atoms with Crippen molar-refractivity contribution >= 4 is 55.7 Å². The smallest absolute Gasteiger partial charge is 0.301 e. The number of amides is 1. The second-order valence-corrected chi connectivity index (χ2v) is 8.96. The summed E-state index contributed by atoms with van der Waals surface area (Å²) >= 11 is 7.37. The van der Waals surface area contributed by atoms with E-state index in [1.165, 1.54) is 16.2 Å². The molecule has 1 aliphatic heterocycles. The van der Waals surface area contributed by atoms with Crippen LogP contribution in [-0.2, 0) is 9.59 Å². The maximum atomic E-state index is 13.3. The molecule has 1 fully saturated rings. The van der Waals surface area contributed by atoms with Crippen LogP contribution in [0.3, 0.4) is 0 Å². The predicted octanol–water partition coefficient (Wildman–Crippen LogP) is 5.37. The van der Waals surface area contributed by atoms with Crippen LogP contribution < -0.4 is 9.64 Å². The molecule has 4 aromatic rings. The van der Waals surface area contributed by atoms with Gasteiger partial charge in [0.1, 0.15) is 11.5 Å². The number of Topliss-reactive ketones (excluding diaryl/α,β-unsaturated/α-hetero) is 1. The molecule has 2 aromatic heterocycles. The molecule has 3 heterocycles. The Morgan fingerprint density at radius 1 is 1.15 bits per heavy atom. The van der Waals surface area contributed by atoms with Gasteiger partial charge >= 0.3 is 5.91 Å². The highest BCUT2D eigenvalue weighted by atomic mass is 35.5. The van der Waals surface area contributed by atoms with Gasteiger partial charge in [-0.05, 0) is 55.0 Å².